The number of nitrogens with one attached hydrogen (secondary N) is 1. The summed E-state index contributed by atoms with van der Waals surface area (Å²) >= 11 is 1.06. The number of aromatic nitrogens is 1. The molecule has 2 aliphatic rings. The molecule has 3 aromatic carbocycles. The number of amides is 3. The summed E-state index contributed by atoms with van der Waals surface area (Å²) in [6.45, 7) is -0.165. The molecule has 0 saturated heterocycles. The summed E-state index contributed by atoms with van der Waals surface area (Å²) in [7, 11) is 0. The molecule has 0 fully saturated rings. The van der Waals surface area contributed by atoms with Gasteiger partial charge in [-0.15, -0.1) is 11.3 Å². The Morgan fingerprint density at radius 3 is 2.46 bits per heavy atom. The Hall–Kier alpha value is -5.03. The Morgan fingerprint density at radius 1 is 1.00 bits per heavy atom. The minimum atomic E-state index is -0.577. The Labute approximate surface area is 237 Å². The zero-order valence-corrected chi connectivity index (χ0v) is 22.2. The lowest BCUT2D eigenvalue weighted by Gasteiger charge is -2.15. The van der Waals surface area contributed by atoms with Crippen LogP contribution in [0.4, 0.5) is 4.39 Å². The van der Waals surface area contributed by atoms with Crippen LogP contribution in [0.15, 0.2) is 90.5 Å². The highest BCUT2D eigenvalue weighted by atomic mass is 32.1. The lowest BCUT2D eigenvalue weighted by atomic mass is 10.1. The van der Waals surface area contributed by atoms with Crippen molar-refractivity contribution in [2.75, 3.05) is 0 Å². The first-order valence-electron chi connectivity index (χ1n) is 12.6. The van der Waals surface area contributed by atoms with Gasteiger partial charge in [0.25, 0.3) is 17.7 Å². The van der Waals surface area contributed by atoms with Gasteiger partial charge in [-0.3, -0.25) is 19.3 Å². The van der Waals surface area contributed by atoms with Gasteiger partial charge in [-0.25, -0.2) is 9.37 Å². The van der Waals surface area contributed by atoms with Crippen molar-refractivity contribution in [2.24, 2.45) is 0 Å². The van der Waals surface area contributed by atoms with E-state index in [1.54, 1.807) is 30.3 Å². The highest BCUT2D eigenvalue weighted by Crippen LogP contribution is 2.27. The quantitative estimate of drug-likeness (QED) is 0.288. The van der Waals surface area contributed by atoms with Crippen LogP contribution in [-0.4, -0.2) is 33.9 Å². The predicted octanol–water partition coefficient (Wildman–Crippen LogP) is 4.80. The first-order valence-corrected chi connectivity index (χ1v) is 13.5. The number of carbonyl (C=O) groups excluding carboxylic acids is 3. The molecule has 2 aliphatic heterocycles. The van der Waals surface area contributed by atoms with Crippen LogP contribution in [-0.2, 0) is 29.0 Å². The van der Waals surface area contributed by atoms with Crippen LogP contribution < -0.4 is 10.1 Å². The van der Waals surface area contributed by atoms with Gasteiger partial charge in [0.05, 0.1) is 23.2 Å². The highest BCUT2D eigenvalue weighted by Gasteiger charge is 2.35. The molecule has 1 unspecified atom stereocenters. The molecular weight excluding hydrogens is 549 g/mol. The number of rotatable bonds is 9. The van der Waals surface area contributed by atoms with Crippen molar-refractivity contribution in [3.8, 4) is 5.88 Å². The number of nitrogens with zero attached hydrogens (tertiary/aromatic N) is 2. The van der Waals surface area contributed by atoms with Crippen LogP contribution in [0, 0.1) is 5.82 Å². The normalized spacial score (nSPS) is 15.7. The van der Waals surface area contributed by atoms with E-state index in [0.29, 0.717) is 23.1 Å². The van der Waals surface area contributed by atoms with Gasteiger partial charge in [0.2, 0.25) is 12.2 Å². The van der Waals surface area contributed by atoms with Crippen molar-refractivity contribution in [1.82, 2.24) is 15.2 Å². The monoisotopic (exact) mass is 571 g/mol. The smallest absolute Gasteiger partial charge is 0.325 e. The average Bonchev–Trinajstić information content (AvgIpc) is 3.69. The van der Waals surface area contributed by atoms with E-state index in [-0.39, 0.29) is 35.4 Å². The average molecular weight is 572 g/mol. The second kappa shape index (κ2) is 11.2. The van der Waals surface area contributed by atoms with Gasteiger partial charge in [-0.05, 0) is 29.3 Å². The number of thiazole rings is 1. The first-order chi connectivity index (χ1) is 20.0. The van der Waals surface area contributed by atoms with Crippen molar-refractivity contribution in [3.63, 3.8) is 0 Å². The fourth-order valence-corrected chi connectivity index (χ4v) is 5.10. The van der Waals surface area contributed by atoms with E-state index in [0.717, 1.165) is 21.8 Å². The van der Waals surface area contributed by atoms with Crippen LogP contribution in [0.3, 0.4) is 0 Å². The molecule has 3 amide bonds. The van der Waals surface area contributed by atoms with Crippen LogP contribution in [0.2, 0.25) is 0 Å². The fourth-order valence-electron chi connectivity index (χ4n) is 4.47. The van der Waals surface area contributed by atoms with Crippen molar-refractivity contribution in [3.05, 3.63) is 129 Å². The standard InChI is InChI=1S/C30H22FN3O6S/c31-23-12-19(15-34-29(36)21-8-4-5-9-22(21)30(34)37)10-11-20(23)14-32-27(35)26-28(33-17-41-26)40-25-16-38-24(39-25)13-18-6-2-1-3-7-18/h1-12,16-17,24H,13-15H2,(H,32,35). The number of fused-ring (bicyclic) bond motifs is 1. The SMILES string of the molecule is O=C(NCc1ccc(CN2C(=O)c3ccccc3C2=O)cc1F)c1scnc1OC1=COC(Cc2ccccc2)O1. The van der Waals surface area contributed by atoms with Crippen molar-refractivity contribution in [2.45, 2.75) is 25.8 Å². The van der Waals surface area contributed by atoms with E-state index in [2.05, 4.69) is 10.3 Å². The third-order valence-electron chi connectivity index (χ3n) is 6.52. The van der Waals surface area contributed by atoms with Crippen LogP contribution in [0.5, 0.6) is 5.88 Å². The lowest BCUT2D eigenvalue weighted by molar-refractivity contribution is -0.0524. The van der Waals surface area contributed by atoms with Crippen LogP contribution >= 0.6 is 11.3 Å². The van der Waals surface area contributed by atoms with Crippen LogP contribution in [0.1, 0.15) is 47.1 Å². The molecule has 11 heteroatoms. The maximum atomic E-state index is 14.9. The summed E-state index contributed by atoms with van der Waals surface area (Å²) in [5.74, 6) is -1.79. The van der Waals surface area contributed by atoms with Gasteiger partial charge in [0, 0.05) is 18.5 Å². The first kappa shape index (κ1) is 26.2. The van der Waals surface area contributed by atoms with Gasteiger partial charge in [-0.1, -0.05) is 54.6 Å². The Kier molecular flexibility index (Phi) is 7.17. The predicted molar refractivity (Wildman–Crippen MR) is 145 cm³/mol. The summed E-state index contributed by atoms with van der Waals surface area (Å²) in [5, 5.41) is 2.67. The molecule has 0 bridgehead atoms. The lowest BCUT2D eigenvalue weighted by Crippen LogP contribution is -2.29. The fraction of sp³-hybridized carbons (Fsp3) is 0.133. The third kappa shape index (κ3) is 5.52. The minimum absolute atomic E-state index is 0.0412. The maximum Gasteiger partial charge on any atom is 0.325 e. The summed E-state index contributed by atoms with van der Waals surface area (Å²) in [4.78, 5) is 43.4. The molecule has 1 atom stereocenters. The van der Waals surface area contributed by atoms with E-state index >= 15 is 0 Å². The third-order valence-corrected chi connectivity index (χ3v) is 7.33. The molecule has 1 aromatic heterocycles. The molecule has 9 nitrogen and oxygen atoms in total. The van der Waals surface area contributed by atoms with Gasteiger partial charge in [-0.2, -0.15) is 0 Å². The molecule has 1 N–H and O–H groups in total. The molecule has 206 valence electrons. The Balaban J connectivity index is 1.04. The topological polar surface area (TPSA) is 107 Å². The molecule has 0 aliphatic carbocycles. The number of hydrogen-bond donors (Lipinski definition) is 1. The van der Waals surface area contributed by atoms with Crippen molar-refractivity contribution in [1.29, 1.82) is 0 Å². The van der Waals surface area contributed by atoms with E-state index in [1.807, 2.05) is 30.3 Å². The molecule has 0 saturated carbocycles. The molecule has 3 heterocycles. The maximum absolute atomic E-state index is 14.9. The molecule has 41 heavy (non-hydrogen) atoms. The molecule has 0 spiro atoms. The summed E-state index contributed by atoms with van der Waals surface area (Å²) < 4.78 is 31.7. The molecular formula is C30H22FN3O6S. The van der Waals surface area contributed by atoms with E-state index in [9.17, 15) is 18.8 Å². The second-order valence-corrected chi connectivity index (χ2v) is 10.1. The molecule has 0 radical (unpaired) electrons. The number of ether oxygens (including phenoxy) is 3. The van der Waals surface area contributed by atoms with Gasteiger partial charge in [0.15, 0.2) is 11.1 Å². The summed E-state index contributed by atoms with van der Waals surface area (Å²) in [5.41, 5.74) is 3.83. The van der Waals surface area contributed by atoms with Crippen LogP contribution in [0.25, 0.3) is 0 Å². The zero-order valence-electron chi connectivity index (χ0n) is 21.4. The van der Waals surface area contributed by atoms with E-state index in [4.69, 9.17) is 14.2 Å². The van der Waals surface area contributed by atoms with Crippen molar-refractivity contribution < 1.29 is 33.0 Å². The number of hydrogen-bond acceptors (Lipinski definition) is 8. The summed E-state index contributed by atoms with van der Waals surface area (Å²) in [6.07, 6.45) is 1.27. The van der Waals surface area contributed by atoms with Gasteiger partial charge >= 0.3 is 5.95 Å². The largest absolute Gasteiger partial charge is 0.455 e. The van der Waals surface area contributed by atoms with Crippen molar-refractivity contribution >= 4 is 29.1 Å². The number of carbonyl (C=O) groups is 3. The summed E-state index contributed by atoms with van der Waals surface area (Å²) in [6, 6.07) is 20.6. The van der Waals surface area contributed by atoms with Gasteiger partial charge in [0.1, 0.15) is 5.82 Å². The number of benzene rings is 3. The molecule has 6 rings (SSSR count). The second-order valence-electron chi connectivity index (χ2n) is 9.25. The Bertz CT molecular complexity index is 1640. The minimum Gasteiger partial charge on any atom is -0.455 e. The Morgan fingerprint density at radius 2 is 1.73 bits per heavy atom. The number of imide groups is 1. The van der Waals surface area contributed by atoms with E-state index < -0.39 is 29.8 Å². The zero-order chi connectivity index (χ0) is 28.3. The highest BCUT2D eigenvalue weighted by molar-refractivity contribution is 7.12. The van der Waals surface area contributed by atoms with E-state index in [1.165, 1.54) is 23.9 Å². The number of halogens is 1. The molecule has 4 aromatic rings. The van der Waals surface area contributed by atoms with Gasteiger partial charge < -0.3 is 19.5 Å².